The summed E-state index contributed by atoms with van der Waals surface area (Å²) < 4.78 is 22.9. The lowest BCUT2D eigenvalue weighted by Gasteiger charge is -2.25. The highest BCUT2D eigenvalue weighted by atomic mass is 35.5. The molecule has 5 nitrogen and oxygen atoms in total. The molecule has 0 saturated heterocycles. The molecule has 0 aliphatic rings. The Labute approximate surface area is 135 Å². The van der Waals surface area contributed by atoms with Gasteiger partial charge in [-0.3, -0.25) is 0 Å². The van der Waals surface area contributed by atoms with Gasteiger partial charge in [0.25, 0.3) is 0 Å². The minimum Gasteiger partial charge on any atom is -0.356 e. The molecular weight excluding hydrogens is 322 g/mol. The number of anilines is 1. The third-order valence-electron chi connectivity index (χ3n) is 3.44. The fourth-order valence-electron chi connectivity index (χ4n) is 2.23. The number of aromatic nitrogens is 1. The van der Waals surface area contributed by atoms with E-state index in [0.717, 1.165) is 0 Å². The molecule has 1 atom stereocenters. The zero-order valence-electron chi connectivity index (χ0n) is 12.5. The number of nitrogens with zero attached hydrogens (tertiary/aromatic N) is 3. The molecular formula is C15H16ClN3O2S. The summed E-state index contributed by atoms with van der Waals surface area (Å²) in [6, 6.07) is 8.69. The third kappa shape index (κ3) is 3.67. The van der Waals surface area contributed by atoms with Crippen molar-refractivity contribution in [3.8, 4) is 6.07 Å². The van der Waals surface area contributed by atoms with E-state index in [1.807, 2.05) is 0 Å². The summed E-state index contributed by atoms with van der Waals surface area (Å²) in [5.74, 6) is 0.577. The van der Waals surface area contributed by atoms with Crippen molar-refractivity contribution in [2.75, 3.05) is 24.0 Å². The average Bonchev–Trinajstić information content (AvgIpc) is 2.43. The number of pyridine rings is 1. The third-order valence-corrected chi connectivity index (χ3v) is 4.77. The molecule has 0 N–H and O–H groups in total. The smallest absolute Gasteiger partial charge is 0.149 e. The molecule has 1 aromatic heterocycles. The molecule has 116 valence electrons. The molecule has 0 radical (unpaired) electrons. The van der Waals surface area contributed by atoms with Gasteiger partial charge in [-0.05, 0) is 31.2 Å². The van der Waals surface area contributed by atoms with Crippen LogP contribution in [0.3, 0.4) is 0 Å². The quantitative estimate of drug-likeness (QED) is 0.857. The van der Waals surface area contributed by atoms with Crippen LogP contribution in [0.2, 0.25) is 5.02 Å². The zero-order valence-corrected chi connectivity index (χ0v) is 14.1. The Morgan fingerprint density at radius 2 is 2.09 bits per heavy atom. The van der Waals surface area contributed by atoms with Gasteiger partial charge in [-0.1, -0.05) is 11.6 Å². The van der Waals surface area contributed by atoms with Gasteiger partial charge in [0.15, 0.2) is 0 Å². The number of fused-ring (bicyclic) bond motifs is 1. The van der Waals surface area contributed by atoms with Gasteiger partial charge >= 0.3 is 0 Å². The lowest BCUT2D eigenvalue weighted by Crippen LogP contribution is -2.35. The monoisotopic (exact) mass is 337 g/mol. The van der Waals surface area contributed by atoms with E-state index in [1.165, 1.54) is 6.26 Å². The van der Waals surface area contributed by atoms with Crippen molar-refractivity contribution >= 4 is 38.2 Å². The van der Waals surface area contributed by atoms with Crippen molar-refractivity contribution in [2.24, 2.45) is 0 Å². The second-order valence-electron chi connectivity index (χ2n) is 5.35. The van der Waals surface area contributed by atoms with E-state index < -0.39 is 9.84 Å². The van der Waals surface area contributed by atoms with Gasteiger partial charge in [0.05, 0.1) is 22.9 Å². The summed E-state index contributed by atoms with van der Waals surface area (Å²) in [7, 11) is -1.33. The van der Waals surface area contributed by atoms with Crippen LogP contribution in [-0.2, 0) is 9.84 Å². The van der Waals surface area contributed by atoms with Gasteiger partial charge in [0, 0.05) is 29.8 Å². The first-order valence-electron chi connectivity index (χ1n) is 6.62. The Balaban J connectivity index is 2.48. The van der Waals surface area contributed by atoms with Gasteiger partial charge in [-0.2, -0.15) is 5.26 Å². The van der Waals surface area contributed by atoms with Crippen LogP contribution >= 0.6 is 11.6 Å². The van der Waals surface area contributed by atoms with Crippen molar-refractivity contribution in [3.05, 3.63) is 34.9 Å². The summed E-state index contributed by atoms with van der Waals surface area (Å²) in [6.07, 6.45) is 1.20. The average molecular weight is 338 g/mol. The molecule has 2 rings (SSSR count). The topological polar surface area (TPSA) is 74.1 Å². The maximum atomic E-state index is 11.4. The Morgan fingerprint density at radius 3 is 2.68 bits per heavy atom. The standard InChI is InChI=1S/C15H16ClN3O2S/c1-10(9-22(3,20)21)19(2)15-6-11(8-17)13-7-12(16)4-5-14(13)18-15/h4-7,10H,9H2,1-3H3. The van der Waals surface area contributed by atoms with E-state index in [-0.39, 0.29) is 11.8 Å². The number of hydrogen-bond acceptors (Lipinski definition) is 5. The highest BCUT2D eigenvalue weighted by Gasteiger charge is 2.18. The van der Waals surface area contributed by atoms with Crippen LogP contribution in [0.5, 0.6) is 0 Å². The second kappa shape index (κ2) is 6.11. The molecule has 0 aliphatic carbocycles. The summed E-state index contributed by atoms with van der Waals surface area (Å²) >= 11 is 5.96. The molecule has 0 bridgehead atoms. The molecule has 2 aromatic rings. The van der Waals surface area contributed by atoms with Crippen LogP contribution in [0.1, 0.15) is 12.5 Å². The van der Waals surface area contributed by atoms with E-state index in [9.17, 15) is 13.7 Å². The fraction of sp³-hybridized carbons (Fsp3) is 0.333. The first-order valence-corrected chi connectivity index (χ1v) is 9.06. The molecule has 0 aliphatic heterocycles. The lowest BCUT2D eigenvalue weighted by atomic mass is 10.1. The van der Waals surface area contributed by atoms with Crippen molar-refractivity contribution in [1.82, 2.24) is 4.98 Å². The number of sulfone groups is 1. The summed E-state index contributed by atoms with van der Waals surface area (Å²) in [5, 5.41) is 10.5. The molecule has 0 amide bonds. The number of hydrogen-bond donors (Lipinski definition) is 0. The maximum absolute atomic E-state index is 11.4. The normalized spacial score (nSPS) is 12.9. The molecule has 22 heavy (non-hydrogen) atoms. The number of halogens is 1. The van der Waals surface area contributed by atoms with Crippen LogP contribution < -0.4 is 4.90 Å². The van der Waals surface area contributed by atoms with E-state index in [0.29, 0.717) is 27.3 Å². The van der Waals surface area contributed by atoms with Gasteiger partial charge in [0.1, 0.15) is 15.7 Å². The van der Waals surface area contributed by atoms with Crippen molar-refractivity contribution < 1.29 is 8.42 Å². The van der Waals surface area contributed by atoms with Crippen molar-refractivity contribution in [2.45, 2.75) is 13.0 Å². The van der Waals surface area contributed by atoms with Crippen LogP contribution in [0.25, 0.3) is 10.9 Å². The Kier molecular flexibility index (Phi) is 4.59. The van der Waals surface area contributed by atoms with E-state index in [4.69, 9.17) is 11.6 Å². The van der Waals surface area contributed by atoms with Crippen molar-refractivity contribution in [1.29, 1.82) is 5.26 Å². The van der Waals surface area contributed by atoms with Crippen LogP contribution in [0.4, 0.5) is 5.82 Å². The SMILES string of the molecule is CC(CS(C)(=O)=O)N(C)c1cc(C#N)c2cc(Cl)ccc2n1. The van der Waals surface area contributed by atoms with E-state index in [1.54, 1.807) is 43.1 Å². The highest BCUT2D eigenvalue weighted by Crippen LogP contribution is 2.25. The summed E-state index contributed by atoms with van der Waals surface area (Å²) in [6.45, 7) is 1.81. The van der Waals surface area contributed by atoms with E-state index >= 15 is 0 Å². The molecule has 0 spiro atoms. The summed E-state index contributed by atoms with van der Waals surface area (Å²) in [5.41, 5.74) is 1.11. The zero-order chi connectivity index (χ0) is 16.5. The van der Waals surface area contributed by atoms with Crippen LogP contribution in [-0.4, -0.2) is 38.5 Å². The van der Waals surface area contributed by atoms with Gasteiger partial charge < -0.3 is 4.90 Å². The Bertz CT molecular complexity index is 859. The van der Waals surface area contributed by atoms with Gasteiger partial charge in [-0.25, -0.2) is 13.4 Å². The molecule has 7 heteroatoms. The van der Waals surface area contributed by atoms with Crippen LogP contribution in [0, 0.1) is 11.3 Å². The minimum atomic E-state index is -3.09. The first-order chi connectivity index (χ1) is 10.2. The van der Waals surface area contributed by atoms with Gasteiger partial charge in [-0.15, -0.1) is 0 Å². The largest absolute Gasteiger partial charge is 0.356 e. The van der Waals surface area contributed by atoms with E-state index in [2.05, 4.69) is 11.1 Å². The summed E-state index contributed by atoms with van der Waals surface area (Å²) in [4.78, 5) is 6.26. The molecule has 1 heterocycles. The molecule has 0 saturated carbocycles. The first kappa shape index (κ1) is 16.5. The van der Waals surface area contributed by atoms with Crippen molar-refractivity contribution in [3.63, 3.8) is 0 Å². The maximum Gasteiger partial charge on any atom is 0.149 e. The Morgan fingerprint density at radius 1 is 1.41 bits per heavy atom. The fourth-order valence-corrected chi connectivity index (χ4v) is 3.50. The number of benzene rings is 1. The molecule has 1 unspecified atom stereocenters. The van der Waals surface area contributed by atoms with Gasteiger partial charge in [0.2, 0.25) is 0 Å². The lowest BCUT2D eigenvalue weighted by molar-refractivity contribution is 0.592. The molecule has 1 aromatic carbocycles. The second-order valence-corrected chi connectivity index (χ2v) is 7.97. The highest BCUT2D eigenvalue weighted by molar-refractivity contribution is 7.90. The predicted octanol–water partition coefficient (Wildman–Crippen LogP) is 2.63. The van der Waals surface area contributed by atoms with Crippen LogP contribution in [0.15, 0.2) is 24.3 Å². The Hall–Kier alpha value is -1.84. The predicted molar refractivity (Wildman–Crippen MR) is 89.0 cm³/mol. The number of rotatable bonds is 4. The minimum absolute atomic E-state index is 0.0196. The molecule has 0 fully saturated rings. The number of nitriles is 1.